The average molecular weight is 214 g/mol. The number of carbonyl (C=O) groups excluding carboxylic acids is 1. The van der Waals surface area contributed by atoms with E-state index in [1.807, 2.05) is 0 Å². The van der Waals surface area contributed by atoms with E-state index in [9.17, 15) is 4.79 Å². The van der Waals surface area contributed by atoms with Crippen molar-refractivity contribution >= 4 is 5.91 Å². The number of aliphatic hydroxyl groups excluding tert-OH is 1. The van der Waals surface area contributed by atoms with Crippen molar-refractivity contribution in [1.82, 2.24) is 10.6 Å². The summed E-state index contributed by atoms with van der Waals surface area (Å²) in [4.78, 5) is 11.5. The third kappa shape index (κ3) is 5.14. The molecule has 0 radical (unpaired) electrons. The van der Waals surface area contributed by atoms with Crippen LogP contribution in [0.15, 0.2) is 0 Å². The van der Waals surface area contributed by atoms with Crippen molar-refractivity contribution in [1.29, 1.82) is 0 Å². The lowest BCUT2D eigenvalue weighted by Crippen LogP contribution is -2.40. The molecule has 0 spiro atoms. The Kier molecular flexibility index (Phi) is 6.36. The molecule has 1 aliphatic heterocycles. The smallest absolute Gasteiger partial charge is 0.237 e. The molecule has 0 aromatic rings. The summed E-state index contributed by atoms with van der Waals surface area (Å²) in [5.74, 6) is 0.148. The van der Waals surface area contributed by atoms with Gasteiger partial charge >= 0.3 is 0 Å². The number of carbonyl (C=O) groups is 1. The summed E-state index contributed by atoms with van der Waals surface area (Å²) >= 11 is 0. The first-order valence-corrected chi connectivity index (χ1v) is 5.96. The van der Waals surface area contributed by atoms with E-state index in [0.717, 1.165) is 51.6 Å². The van der Waals surface area contributed by atoms with Crippen molar-refractivity contribution in [2.45, 2.75) is 44.6 Å². The van der Waals surface area contributed by atoms with Crippen LogP contribution in [-0.2, 0) is 4.79 Å². The molecule has 0 bridgehead atoms. The molecule has 0 aromatic heterocycles. The number of aliphatic hydroxyl groups is 1. The maximum Gasteiger partial charge on any atom is 0.237 e. The standard InChI is InChI=1S/C11H22N2O2/c14-9-4-2-1-3-7-13-11(15)10-6-5-8-12-10/h10,12,14H,1-9H2,(H,13,15)/t10-/m0/s1. The molecule has 1 aliphatic rings. The first-order chi connectivity index (χ1) is 7.34. The predicted octanol–water partition coefficient (Wildman–Crippen LogP) is 0.407. The minimum absolute atomic E-state index is 0.0439. The molecule has 0 aromatic carbocycles. The van der Waals surface area contributed by atoms with Gasteiger partial charge in [-0.15, -0.1) is 0 Å². The molecule has 88 valence electrons. The Morgan fingerprint density at radius 2 is 2.13 bits per heavy atom. The second-order valence-electron chi connectivity index (χ2n) is 4.08. The first kappa shape index (κ1) is 12.5. The Labute approximate surface area is 91.4 Å². The molecule has 1 atom stereocenters. The molecule has 1 amide bonds. The van der Waals surface area contributed by atoms with Crippen LogP contribution in [0.4, 0.5) is 0 Å². The zero-order valence-electron chi connectivity index (χ0n) is 9.30. The molecule has 1 fully saturated rings. The second-order valence-corrected chi connectivity index (χ2v) is 4.08. The minimum Gasteiger partial charge on any atom is -0.396 e. The topological polar surface area (TPSA) is 61.4 Å². The van der Waals surface area contributed by atoms with Crippen molar-refractivity contribution in [2.24, 2.45) is 0 Å². The molecule has 0 saturated carbocycles. The Morgan fingerprint density at radius 3 is 2.80 bits per heavy atom. The largest absolute Gasteiger partial charge is 0.396 e. The third-order valence-electron chi connectivity index (χ3n) is 2.76. The van der Waals surface area contributed by atoms with Crippen LogP contribution in [0, 0.1) is 0 Å². The van der Waals surface area contributed by atoms with Crippen LogP contribution >= 0.6 is 0 Å². The predicted molar refractivity (Wildman–Crippen MR) is 59.6 cm³/mol. The number of nitrogens with one attached hydrogen (secondary N) is 2. The summed E-state index contributed by atoms with van der Waals surface area (Å²) in [6.07, 6.45) is 6.09. The van der Waals surface area contributed by atoms with Crippen molar-refractivity contribution in [3.8, 4) is 0 Å². The highest BCUT2D eigenvalue weighted by atomic mass is 16.2. The van der Waals surface area contributed by atoms with E-state index in [-0.39, 0.29) is 18.6 Å². The fourth-order valence-corrected chi connectivity index (χ4v) is 1.83. The SMILES string of the molecule is O=C(NCCCCCCO)[C@@H]1CCCN1. The Morgan fingerprint density at radius 1 is 1.33 bits per heavy atom. The Bertz CT molecular complexity index is 179. The van der Waals surface area contributed by atoms with Gasteiger partial charge < -0.3 is 15.7 Å². The summed E-state index contributed by atoms with van der Waals surface area (Å²) in [5, 5.41) is 14.7. The number of amides is 1. The number of hydrogen-bond acceptors (Lipinski definition) is 3. The lowest BCUT2D eigenvalue weighted by Gasteiger charge is -2.10. The summed E-state index contributed by atoms with van der Waals surface area (Å²) in [5.41, 5.74) is 0. The fourth-order valence-electron chi connectivity index (χ4n) is 1.83. The quantitative estimate of drug-likeness (QED) is 0.538. The van der Waals surface area contributed by atoms with Crippen LogP contribution < -0.4 is 10.6 Å². The molecule has 4 heteroatoms. The van der Waals surface area contributed by atoms with Gasteiger partial charge in [0.15, 0.2) is 0 Å². The average Bonchev–Trinajstić information content (AvgIpc) is 2.76. The second kappa shape index (κ2) is 7.65. The van der Waals surface area contributed by atoms with Gasteiger partial charge in [0.1, 0.15) is 0 Å². The molecule has 4 nitrogen and oxygen atoms in total. The Balaban J connectivity index is 1.92. The molecular weight excluding hydrogens is 192 g/mol. The first-order valence-electron chi connectivity index (χ1n) is 5.96. The molecule has 15 heavy (non-hydrogen) atoms. The van der Waals surface area contributed by atoms with Gasteiger partial charge in [-0.3, -0.25) is 4.79 Å². The zero-order chi connectivity index (χ0) is 10.9. The van der Waals surface area contributed by atoms with Crippen LogP contribution in [-0.4, -0.2) is 36.8 Å². The van der Waals surface area contributed by atoms with Gasteiger partial charge in [-0.1, -0.05) is 12.8 Å². The molecule has 0 unspecified atom stereocenters. The van der Waals surface area contributed by atoms with Gasteiger partial charge in [0.2, 0.25) is 5.91 Å². The summed E-state index contributed by atoms with van der Waals surface area (Å²) < 4.78 is 0. The molecule has 1 rings (SSSR count). The van der Waals surface area contributed by atoms with Crippen LogP contribution in [0.3, 0.4) is 0 Å². The highest BCUT2D eigenvalue weighted by Gasteiger charge is 2.20. The fraction of sp³-hybridized carbons (Fsp3) is 0.909. The lowest BCUT2D eigenvalue weighted by molar-refractivity contribution is -0.122. The van der Waals surface area contributed by atoms with Gasteiger partial charge in [-0.25, -0.2) is 0 Å². The van der Waals surface area contributed by atoms with Crippen LogP contribution in [0.25, 0.3) is 0 Å². The number of rotatable bonds is 7. The van der Waals surface area contributed by atoms with E-state index < -0.39 is 0 Å². The maximum atomic E-state index is 11.5. The highest BCUT2D eigenvalue weighted by molar-refractivity contribution is 5.81. The van der Waals surface area contributed by atoms with Crippen molar-refractivity contribution in [2.75, 3.05) is 19.7 Å². The van der Waals surface area contributed by atoms with Gasteiger partial charge in [-0.2, -0.15) is 0 Å². The summed E-state index contributed by atoms with van der Waals surface area (Å²) in [7, 11) is 0. The monoisotopic (exact) mass is 214 g/mol. The molecule has 1 saturated heterocycles. The van der Waals surface area contributed by atoms with Crippen LogP contribution in [0.1, 0.15) is 38.5 Å². The van der Waals surface area contributed by atoms with E-state index in [0.29, 0.717) is 0 Å². The van der Waals surface area contributed by atoms with Crippen molar-refractivity contribution in [3.05, 3.63) is 0 Å². The van der Waals surface area contributed by atoms with Crippen molar-refractivity contribution < 1.29 is 9.90 Å². The maximum absolute atomic E-state index is 11.5. The van der Waals surface area contributed by atoms with E-state index in [4.69, 9.17) is 5.11 Å². The number of unbranched alkanes of at least 4 members (excludes halogenated alkanes) is 3. The van der Waals surface area contributed by atoms with E-state index >= 15 is 0 Å². The van der Waals surface area contributed by atoms with E-state index in [1.54, 1.807) is 0 Å². The van der Waals surface area contributed by atoms with Gasteiger partial charge in [0, 0.05) is 13.2 Å². The van der Waals surface area contributed by atoms with Gasteiger partial charge in [0.05, 0.1) is 6.04 Å². The van der Waals surface area contributed by atoms with Crippen LogP contribution in [0.5, 0.6) is 0 Å². The highest BCUT2D eigenvalue weighted by Crippen LogP contribution is 2.04. The van der Waals surface area contributed by atoms with E-state index in [1.165, 1.54) is 0 Å². The summed E-state index contributed by atoms with van der Waals surface area (Å²) in [6, 6.07) is 0.0439. The number of hydrogen-bond donors (Lipinski definition) is 3. The Hall–Kier alpha value is -0.610. The van der Waals surface area contributed by atoms with Gasteiger partial charge in [-0.05, 0) is 32.2 Å². The molecular formula is C11H22N2O2. The molecule has 0 aliphatic carbocycles. The van der Waals surface area contributed by atoms with Crippen LogP contribution in [0.2, 0.25) is 0 Å². The molecule has 1 heterocycles. The minimum atomic E-state index is 0.0439. The third-order valence-corrected chi connectivity index (χ3v) is 2.76. The van der Waals surface area contributed by atoms with E-state index in [2.05, 4.69) is 10.6 Å². The summed E-state index contributed by atoms with van der Waals surface area (Å²) in [6.45, 7) is 2.01. The van der Waals surface area contributed by atoms with Crippen molar-refractivity contribution in [3.63, 3.8) is 0 Å². The van der Waals surface area contributed by atoms with Gasteiger partial charge in [0.25, 0.3) is 0 Å². The molecule has 3 N–H and O–H groups in total. The normalized spacial score (nSPS) is 20.5. The zero-order valence-corrected chi connectivity index (χ0v) is 9.30. The lowest BCUT2D eigenvalue weighted by atomic mass is 10.2.